The van der Waals surface area contributed by atoms with Gasteiger partial charge in [0, 0.05) is 18.0 Å². The second-order valence-electron chi connectivity index (χ2n) is 9.26. The quantitative estimate of drug-likeness (QED) is 0.262. The normalized spacial score (nSPS) is 12.6. The molecule has 0 saturated heterocycles. The summed E-state index contributed by atoms with van der Waals surface area (Å²) in [4.78, 5) is 11.8. The average molecular weight is 570 g/mol. The van der Waals surface area contributed by atoms with Crippen LogP contribution < -0.4 is 4.74 Å². The van der Waals surface area contributed by atoms with E-state index in [0.29, 0.717) is 48.5 Å². The fourth-order valence-corrected chi connectivity index (χ4v) is 6.72. The minimum atomic E-state index is -4.43. The molecule has 11 heteroatoms. The Bertz CT molecular complexity index is 1330. The van der Waals surface area contributed by atoms with Gasteiger partial charge in [-0.15, -0.1) is 11.3 Å². The summed E-state index contributed by atoms with van der Waals surface area (Å²) in [7, 11) is -3.78. The maximum absolute atomic E-state index is 13.4. The molecule has 1 heterocycles. The van der Waals surface area contributed by atoms with E-state index in [2.05, 4.69) is 0 Å². The zero-order valence-electron chi connectivity index (χ0n) is 21.3. The molecular weight excluding hydrogens is 539 g/mol. The lowest BCUT2D eigenvalue weighted by Crippen LogP contribution is -2.37. The lowest BCUT2D eigenvalue weighted by Gasteiger charge is -2.22. The number of aliphatic carboxylic acids is 1. The molecule has 0 fully saturated rings. The second-order valence-corrected chi connectivity index (χ2v) is 12.5. The summed E-state index contributed by atoms with van der Waals surface area (Å²) >= 11 is 1.03. The van der Waals surface area contributed by atoms with Crippen LogP contribution in [0.5, 0.6) is 5.75 Å². The number of carboxylic acids is 1. The van der Waals surface area contributed by atoms with Crippen LogP contribution in [0.1, 0.15) is 44.7 Å². The number of hydrogen-bond donors (Lipinski definition) is 1. The number of benzene rings is 2. The van der Waals surface area contributed by atoms with Crippen LogP contribution in [0.2, 0.25) is 0 Å². The van der Waals surface area contributed by atoms with Crippen molar-refractivity contribution in [3.8, 4) is 16.2 Å². The van der Waals surface area contributed by atoms with Crippen molar-refractivity contribution in [1.82, 2.24) is 4.31 Å². The predicted octanol–water partition coefficient (Wildman–Crippen LogP) is 6.71. The van der Waals surface area contributed by atoms with Gasteiger partial charge in [0.15, 0.2) is 5.60 Å². The van der Waals surface area contributed by atoms with Crippen LogP contribution in [0.3, 0.4) is 0 Å². The van der Waals surface area contributed by atoms with Gasteiger partial charge < -0.3 is 9.84 Å². The fourth-order valence-electron chi connectivity index (χ4n) is 3.69. The van der Waals surface area contributed by atoms with Gasteiger partial charge in [0.2, 0.25) is 0 Å². The van der Waals surface area contributed by atoms with Gasteiger partial charge in [-0.25, -0.2) is 13.2 Å². The van der Waals surface area contributed by atoms with E-state index < -0.39 is 33.3 Å². The second kappa shape index (κ2) is 11.9. The van der Waals surface area contributed by atoms with Gasteiger partial charge >= 0.3 is 12.1 Å². The Labute approximate surface area is 224 Å². The number of carbonyl (C=O) groups is 1. The Hall–Kier alpha value is -2.89. The van der Waals surface area contributed by atoms with Crippen LogP contribution in [0.25, 0.3) is 10.4 Å². The van der Waals surface area contributed by atoms with Gasteiger partial charge in [-0.2, -0.15) is 17.5 Å². The molecule has 0 amide bonds. The van der Waals surface area contributed by atoms with E-state index in [1.165, 1.54) is 36.4 Å². The van der Waals surface area contributed by atoms with Gasteiger partial charge in [0.05, 0.1) is 5.56 Å². The number of carboxylic acid groups (broad SMARTS) is 1. The van der Waals surface area contributed by atoms with Gasteiger partial charge in [-0.1, -0.05) is 31.2 Å². The molecule has 0 saturated carbocycles. The number of nitrogens with zero attached hydrogens (tertiary/aromatic N) is 1. The highest BCUT2D eigenvalue weighted by Gasteiger charge is 2.31. The number of sulfonamides is 1. The Kier molecular flexibility index (Phi) is 9.27. The smallest absolute Gasteiger partial charge is 0.416 e. The molecule has 0 unspecified atom stereocenters. The highest BCUT2D eigenvalue weighted by atomic mass is 32.2. The zero-order valence-corrected chi connectivity index (χ0v) is 22.9. The van der Waals surface area contributed by atoms with Crippen LogP contribution in [-0.4, -0.2) is 42.5 Å². The number of ether oxygens (including phenoxy) is 1. The average Bonchev–Trinajstić information content (AvgIpc) is 3.35. The van der Waals surface area contributed by atoms with E-state index in [1.807, 2.05) is 19.1 Å². The van der Waals surface area contributed by atoms with E-state index in [-0.39, 0.29) is 4.21 Å². The van der Waals surface area contributed by atoms with E-state index in [0.717, 1.165) is 29.0 Å². The Morgan fingerprint density at radius 1 is 0.974 bits per heavy atom. The minimum Gasteiger partial charge on any atom is -0.478 e. The Morgan fingerprint density at radius 3 is 2.16 bits per heavy atom. The molecule has 3 aromatic rings. The fraction of sp³-hybridized carbons (Fsp3) is 0.370. The topological polar surface area (TPSA) is 83.9 Å². The third-order valence-corrected chi connectivity index (χ3v) is 9.33. The first-order chi connectivity index (χ1) is 17.7. The molecule has 0 aliphatic carbocycles. The molecular formula is C27H30F3NO5S2. The molecule has 38 heavy (non-hydrogen) atoms. The number of aryl methyl sites for hydroxylation is 1. The molecule has 1 aromatic heterocycles. The number of rotatable bonds is 12. The molecule has 0 radical (unpaired) electrons. The summed E-state index contributed by atoms with van der Waals surface area (Å²) in [5, 5.41) is 9.20. The molecule has 0 bridgehead atoms. The lowest BCUT2D eigenvalue weighted by molar-refractivity contribution is -0.152. The largest absolute Gasteiger partial charge is 0.478 e. The maximum Gasteiger partial charge on any atom is 0.416 e. The van der Waals surface area contributed by atoms with Crippen molar-refractivity contribution in [1.29, 1.82) is 0 Å². The Balaban J connectivity index is 1.65. The van der Waals surface area contributed by atoms with E-state index in [9.17, 15) is 31.5 Å². The van der Waals surface area contributed by atoms with E-state index >= 15 is 0 Å². The number of hydrogen-bond acceptors (Lipinski definition) is 5. The molecule has 0 atom stereocenters. The van der Waals surface area contributed by atoms with E-state index in [4.69, 9.17) is 4.74 Å². The standard InChI is InChI=1S/C27H30F3NO5S2/c1-4-17-31(18-5-6-19-7-13-22(14-8-19)36-26(2,3)25(32)33)38(34,35)24-16-15-23(37-24)20-9-11-21(12-10-20)27(28,29)30/h7-16H,4-6,17-18H2,1-3H3,(H,32,33). The first-order valence-electron chi connectivity index (χ1n) is 12.0. The van der Waals surface area contributed by atoms with Crippen molar-refractivity contribution in [3.05, 3.63) is 71.8 Å². The van der Waals surface area contributed by atoms with Gasteiger partial charge in [-0.3, -0.25) is 0 Å². The summed E-state index contributed by atoms with van der Waals surface area (Å²) in [5.41, 5.74) is -0.637. The van der Waals surface area contributed by atoms with Crippen LogP contribution >= 0.6 is 11.3 Å². The predicted molar refractivity (Wildman–Crippen MR) is 141 cm³/mol. The van der Waals surface area contributed by atoms with Crippen molar-refractivity contribution >= 4 is 27.3 Å². The zero-order chi connectivity index (χ0) is 28.1. The first-order valence-corrected chi connectivity index (χ1v) is 14.3. The first kappa shape index (κ1) is 29.7. The van der Waals surface area contributed by atoms with Crippen molar-refractivity contribution in [2.75, 3.05) is 13.1 Å². The van der Waals surface area contributed by atoms with E-state index in [1.54, 1.807) is 18.2 Å². The van der Waals surface area contributed by atoms with Crippen molar-refractivity contribution in [3.63, 3.8) is 0 Å². The third kappa shape index (κ3) is 7.36. The minimum absolute atomic E-state index is 0.142. The van der Waals surface area contributed by atoms with Crippen molar-refractivity contribution in [2.45, 2.75) is 56.0 Å². The van der Waals surface area contributed by atoms with Crippen LogP contribution in [0, 0.1) is 0 Å². The third-order valence-electron chi connectivity index (χ3n) is 5.83. The molecule has 0 aliphatic heterocycles. The van der Waals surface area contributed by atoms with Gasteiger partial charge in [0.25, 0.3) is 10.0 Å². The summed E-state index contributed by atoms with van der Waals surface area (Å²) in [5.74, 6) is -0.645. The number of thiophene rings is 1. The summed E-state index contributed by atoms with van der Waals surface area (Å²) in [6.07, 6.45) is -2.63. The molecule has 206 valence electrons. The number of halogens is 3. The Morgan fingerprint density at radius 2 is 1.61 bits per heavy atom. The maximum atomic E-state index is 13.4. The SMILES string of the molecule is CCCN(CCCc1ccc(OC(C)(C)C(=O)O)cc1)S(=O)(=O)c1ccc(-c2ccc(C(F)(F)F)cc2)s1. The molecule has 2 aromatic carbocycles. The highest BCUT2D eigenvalue weighted by Crippen LogP contribution is 2.35. The highest BCUT2D eigenvalue weighted by molar-refractivity contribution is 7.91. The monoisotopic (exact) mass is 569 g/mol. The van der Waals surface area contributed by atoms with Crippen LogP contribution in [0.15, 0.2) is 64.9 Å². The van der Waals surface area contributed by atoms with Crippen molar-refractivity contribution in [2.24, 2.45) is 0 Å². The summed E-state index contributed by atoms with van der Waals surface area (Å²) in [6.45, 7) is 5.46. The molecule has 1 N–H and O–H groups in total. The molecule has 6 nitrogen and oxygen atoms in total. The molecule has 0 spiro atoms. The lowest BCUT2D eigenvalue weighted by atomic mass is 10.1. The van der Waals surface area contributed by atoms with Crippen molar-refractivity contribution < 1.29 is 36.2 Å². The molecule has 3 rings (SSSR count). The van der Waals surface area contributed by atoms with Crippen LogP contribution in [0.4, 0.5) is 13.2 Å². The van der Waals surface area contributed by atoms with Crippen LogP contribution in [-0.2, 0) is 27.4 Å². The van der Waals surface area contributed by atoms with Gasteiger partial charge in [-0.05, 0) is 80.6 Å². The summed E-state index contributed by atoms with van der Waals surface area (Å²) < 4.78 is 72.3. The molecule has 0 aliphatic rings. The summed E-state index contributed by atoms with van der Waals surface area (Å²) in [6, 6.07) is 14.8. The number of alkyl halides is 3. The van der Waals surface area contributed by atoms with Gasteiger partial charge in [0.1, 0.15) is 9.96 Å².